The third-order valence-electron chi connectivity index (χ3n) is 4.90. The van der Waals surface area contributed by atoms with Crippen LogP contribution in [-0.4, -0.2) is 24.4 Å². The molecule has 1 aliphatic rings. The van der Waals surface area contributed by atoms with Crippen LogP contribution in [-0.2, 0) is 0 Å². The van der Waals surface area contributed by atoms with E-state index in [0.29, 0.717) is 38.4 Å². The van der Waals surface area contributed by atoms with E-state index in [0.717, 1.165) is 5.56 Å². The summed E-state index contributed by atoms with van der Waals surface area (Å²) in [7, 11) is 3.12. The van der Waals surface area contributed by atoms with Crippen LogP contribution in [0.3, 0.4) is 0 Å². The highest BCUT2D eigenvalue weighted by atomic mass is 35.5. The maximum Gasteiger partial charge on any atom is 0.244 e. The van der Waals surface area contributed by atoms with E-state index in [9.17, 15) is 5.26 Å². The van der Waals surface area contributed by atoms with Gasteiger partial charge in [0.2, 0.25) is 11.8 Å². The van der Waals surface area contributed by atoms with Crippen molar-refractivity contribution in [2.24, 2.45) is 5.73 Å². The van der Waals surface area contributed by atoms with E-state index in [1.807, 2.05) is 0 Å². The summed E-state index contributed by atoms with van der Waals surface area (Å²) in [5.41, 5.74) is 8.96. The van der Waals surface area contributed by atoms with E-state index >= 15 is 0 Å². The first-order chi connectivity index (χ1) is 14.5. The van der Waals surface area contributed by atoms with Crippen LogP contribution in [0.4, 0.5) is 0 Å². The molecule has 9 heteroatoms. The number of nitrogens with two attached hydrogens (primary N) is 1. The number of nitrogens with one attached hydrogen (secondary N) is 1. The normalized spacial score (nSPS) is 15.2. The van der Waals surface area contributed by atoms with Gasteiger partial charge < -0.3 is 19.9 Å². The zero-order valence-electron chi connectivity index (χ0n) is 16.0. The molecule has 30 heavy (non-hydrogen) atoms. The van der Waals surface area contributed by atoms with E-state index in [4.69, 9.17) is 43.1 Å². The monoisotopic (exact) mass is 442 g/mol. The molecule has 2 aromatic carbocycles. The second kappa shape index (κ2) is 7.82. The summed E-state index contributed by atoms with van der Waals surface area (Å²) in [6, 6.07) is 12.7. The highest BCUT2D eigenvalue weighted by Crippen LogP contribution is 2.48. The fraction of sp³-hybridized carbons (Fsp3) is 0.143. The molecule has 1 aromatic heterocycles. The van der Waals surface area contributed by atoms with E-state index in [-0.39, 0.29) is 17.3 Å². The number of H-pyrrole nitrogens is 1. The van der Waals surface area contributed by atoms with Gasteiger partial charge in [0.05, 0.1) is 41.4 Å². The van der Waals surface area contributed by atoms with Crippen LogP contribution in [0.25, 0.3) is 11.3 Å². The van der Waals surface area contributed by atoms with Crippen molar-refractivity contribution in [2.75, 3.05) is 14.2 Å². The number of fused-ring (bicyclic) bond motifs is 1. The Bertz CT molecular complexity index is 1210. The van der Waals surface area contributed by atoms with Gasteiger partial charge in [0.15, 0.2) is 0 Å². The molecule has 0 bridgehead atoms. The Labute approximate surface area is 182 Å². The number of ether oxygens (including phenoxy) is 3. The fourth-order valence-electron chi connectivity index (χ4n) is 3.49. The SMILES string of the molecule is COc1ccc(OC)c([C@@H]2C(C#N)=C(N)Oc3n[nH]c(-c4ccc(Cl)c(Cl)c4)c32)c1. The van der Waals surface area contributed by atoms with E-state index < -0.39 is 5.92 Å². The van der Waals surface area contributed by atoms with Crippen LogP contribution < -0.4 is 19.9 Å². The molecule has 0 fully saturated rings. The number of hydrogen-bond acceptors (Lipinski definition) is 6. The number of halogens is 2. The van der Waals surface area contributed by atoms with Gasteiger partial charge in [-0.25, -0.2) is 0 Å². The Kier molecular flexibility index (Phi) is 5.20. The zero-order valence-corrected chi connectivity index (χ0v) is 17.5. The summed E-state index contributed by atoms with van der Waals surface area (Å²) >= 11 is 12.3. The highest BCUT2D eigenvalue weighted by molar-refractivity contribution is 6.42. The molecule has 0 radical (unpaired) electrons. The van der Waals surface area contributed by atoms with Crippen LogP contribution in [0.1, 0.15) is 17.0 Å². The minimum atomic E-state index is -0.605. The van der Waals surface area contributed by atoms with Gasteiger partial charge in [-0.05, 0) is 30.3 Å². The summed E-state index contributed by atoms with van der Waals surface area (Å²) < 4.78 is 16.6. The van der Waals surface area contributed by atoms with Crippen LogP contribution in [0.5, 0.6) is 17.4 Å². The van der Waals surface area contributed by atoms with Crippen LogP contribution in [0.15, 0.2) is 47.9 Å². The van der Waals surface area contributed by atoms with E-state index in [1.165, 1.54) is 0 Å². The molecule has 0 saturated heterocycles. The predicted molar refractivity (Wildman–Crippen MR) is 113 cm³/mol. The Morgan fingerprint density at radius 2 is 1.93 bits per heavy atom. The number of nitriles is 1. The molecule has 0 saturated carbocycles. The second-order valence-electron chi connectivity index (χ2n) is 6.48. The van der Waals surface area contributed by atoms with Crippen molar-refractivity contribution in [1.29, 1.82) is 5.26 Å². The van der Waals surface area contributed by atoms with Gasteiger partial charge in [0.1, 0.15) is 23.1 Å². The van der Waals surface area contributed by atoms with Crippen LogP contribution in [0.2, 0.25) is 10.0 Å². The number of methoxy groups -OCH3 is 2. The Morgan fingerprint density at radius 1 is 1.13 bits per heavy atom. The third-order valence-corrected chi connectivity index (χ3v) is 5.63. The smallest absolute Gasteiger partial charge is 0.244 e. The number of aromatic amines is 1. The first-order valence-corrected chi connectivity index (χ1v) is 9.57. The van der Waals surface area contributed by atoms with Crippen LogP contribution in [0, 0.1) is 11.3 Å². The number of rotatable bonds is 4. The van der Waals surface area contributed by atoms with Crippen molar-refractivity contribution in [3.05, 3.63) is 69.0 Å². The lowest BCUT2D eigenvalue weighted by Crippen LogP contribution is -2.21. The summed E-state index contributed by atoms with van der Waals surface area (Å²) in [5.74, 6) is 0.811. The van der Waals surface area contributed by atoms with Gasteiger partial charge in [0.25, 0.3) is 0 Å². The molecular formula is C21H16Cl2N4O3. The first kappa shape index (κ1) is 20.0. The molecule has 0 amide bonds. The lowest BCUT2D eigenvalue weighted by molar-refractivity contribution is 0.373. The summed E-state index contributed by atoms with van der Waals surface area (Å²) in [5, 5.41) is 17.9. The lowest BCUT2D eigenvalue weighted by atomic mass is 9.82. The van der Waals surface area contributed by atoms with Crippen molar-refractivity contribution in [3.8, 4) is 34.7 Å². The Hall–Kier alpha value is -3.34. The van der Waals surface area contributed by atoms with Gasteiger partial charge >= 0.3 is 0 Å². The first-order valence-electron chi connectivity index (χ1n) is 8.81. The third kappa shape index (κ3) is 3.20. The number of hydrogen-bond donors (Lipinski definition) is 2. The zero-order chi connectivity index (χ0) is 21.4. The maximum atomic E-state index is 9.88. The molecule has 1 aliphatic heterocycles. The lowest BCUT2D eigenvalue weighted by Gasteiger charge is -2.25. The average Bonchev–Trinajstić information content (AvgIpc) is 3.17. The highest BCUT2D eigenvalue weighted by Gasteiger charge is 2.37. The maximum absolute atomic E-state index is 9.88. The molecule has 1 atom stereocenters. The fourth-order valence-corrected chi connectivity index (χ4v) is 3.79. The molecule has 0 unspecified atom stereocenters. The van der Waals surface area contributed by atoms with Crippen molar-refractivity contribution >= 4 is 23.2 Å². The molecule has 0 spiro atoms. The summed E-state index contributed by atoms with van der Waals surface area (Å²) in [6.45, 7) is 0. The number of allylic oxidation sites excluding steroid dienone is 1. The topological polar surface area (TPSA) is 106 Å². The van der Waals surface area contributed by atoms with Crippen molar-refractivity contribution in [2.45, 2.75) is 5.92 Å². The molecule has 3 N–H and O–H groups in total. The Balaban J connectivity index is 1.99. The van der Waals surface area contributed by atoms with Gasteiger partial charge in [-0.2, -0.15) is 5.26 Å². The van der Waals surface area contributed by atoms with E-state index in [1.54, 1.807) is 50.6 Å². The van der Waals surface area contributed by atoms with Gasteiger partial charge in [-0.3, -0.25) is 5.10 Å². The quantitative estimate of drug-likeness (QED) is 0.610. The minimum Gasteiger partial charge on any atom is -0.497 e. The number of nitrogens with zero attached hydrogens (tertiary/aromatic N) is 2. The minimum absolute atomic E-state index is 0.0212. The molecule has 152 valence electrons. The van der Waals surface area contributed by atoms with Gasteiger partial charge in [-0.15, -0.1) is 5.10 Å². The average molecular weight is 443 g/mol. The predicted octanol–water partition coefficient (Wildman–Crippen LogP) is 4.62. The molecule has 7 nitrogen and oxygen atoms in total. The van der Waals surface area contributed by atoms with Crippen molar-refractivity contribution < 1.29 is 14.2 Å². The van der Waals surface area contributed by atoms with Crippen LogP contribution >= 0.6 is 23.2 Å². The standard InChI is InChI=1S/C21H16Cl2N4O3/c1-28-11-4-6-16(29-2)12(8-11)17-13(9-24)20(25)30-21-18(17)19(26-27-21)10-3-5-14(22)15(23)7-10/h3-8,17H,25H2,1-2H3,(H,26,27)/t17-/m1/s1. The summed E-state index contributed by atoms with van der Waals surface area (Å²) in [4.78, 5) is 0. The summed E-state index contributed by atoms with van der Waals surface area (Å²) in [6.07, 6.45) is 0. The molecule has 0 aliphatic carbocycles. The van der Waals surface area contributed by atoms with Gasteiger partial charge in [0, 0.05) is 11.1 Å². The van der Waals surface area contributed by atoms with E-state index in [2.05, 4.69) is 16.3 Å². The van der Waals surface area contributed by atoms with Crippen molar-refractivity contribution in [3.63, 3.8) is 0 Å². The number of benzene rings is 2. The number of aromatic nitrogens is 2. The second-order valence-corrected chi connectivity index (χ2v) is 7.29. The molecule has 4 rings (SSSR count). The molecular weight excluding hydrogens is 427 g/mol. The molecule has 3 aromatic rings. The van der Waals surface area contributed by atoms with Crippen molar-refractivity contribution in [1.82, 2.24) is 10.2 Å². The largest absolute Gasteiger partial charge is 0.497 e. The van der Waals surface area contributed by atoms with Gasteiger partial charge in [-0.1, -0.05) is 29.3 Å². The molecule has 2 heterocycles. The Morgan fingerprint density at radius 3 is 2.60 bits per heavy atom.